The van der Waals surface area contributed by atoms with Crippen LogP contribution in [0.5, 0.6) is 0 Å². The van der Waals surface area contributed by atoms with Crippen molar-refractivity contribution >= 4 is 17.2 Å². The third-order valence-electron chi connectivity index (χ3n) is 5.21. The van der Waals surface area contributed by atoms with Crippen LogP contribution < -0.4 is 0 Å². The summed E-state index contributed by atoms with van der Waals surface area (Å²) in [5.74, 6) is 0.0935. The van der Waals surface area contributed by atoms with Crippen molar-refractivity contribution in [2.45, 2.75) is 40.3 Å². The first kappa shape index (κ1) is 17.0. The summed E-state index contributed by atoms with van der Waals surface area (Å²) in [5, 5.41) is 0.927. The van der Waals surface area contributed by atoms with Crippen LogP contribution in [0.2, 0.25) is 0 Å². The van der Waals surface area contributed by atoms with Crippen LogP contribution in [-0.2, 0) is 6.54 Å². The fourth-order valence-corrected chi connectivity index (χ4v) is 4.86. The number of nitrogens with zero attached hydrogens (tertiary/aromatic N) is 3. The summed E-state index contributed by atoms with van der Waals surface area (Å²) in [6.07, 6.45) is 2.09. The van der Waals surface area contributed by atoms with Crippen LogP contribution in [0.3, 0.4) is 0 Å². The van der Waals surface area contributed by atoms with E-state index < -0.39 is 0 Å². The maximum absolute atomic E-state index is 13.2. The van der Waals surface area contributed by atoms with Crippen molar-refractivity contribution in [2.75, 3.05) is 6.54 Å². The topological polar surface area (TPSA) is 38.1 Å². The summed E-state index contributed by atoms with van der Waals surface area (Å²) in [6, 6.07) is 10.6. The molecular formula is C21H23N3OS. The lowest BCUT2D eigenvalue weighted by atomic mass is 10.1. The number of hydrogen-bond donors (Lipinski definition) is 0. The molecule has 0 bridgehead atoms. The van der Waals surface area contributed by atoms with Gasteiger partial charge in [-0.05, 0) is 45.4 Å². The highest BCUT2D eigenvalue weighted by atomic mass is 32.1. The van der Waals surface area contributed by atoms with E-state index >= 15 is 0 Å². The van der Waals surface area contributed by atoms with E-state index in [9.17, 15) is 4.79 Å². The molecule has 3 heterocycles. The number of carbonyl (C=O) groups excluding carboxylic acids is 1. The van der Waals surface area contributed by atoms with Crippen LogP contribution in [0.15, 0.2) is 36.5 Å². The molecule has 5 heteroatoms. The minimum Gasteiger partial charge on any atom is -0.348 e. The molecule has 0 fully saturated rings. The van der Waals surface area contributed by atoms with Crippen molar-refractivity contribution in [1.82, 2.24) is 14.5 Å². The van der Waals surface area contributed by atoms with Crippen LogP contribution in [0, 0.1) is 20.8 Å². The smallest absolute Gasteiger partial charge is 0.266 e. The third-order valence-corrected chi connectivity index (χ3v) is 6.38. The minimum atomic E-state index is 0.0808. The number of thiazole rings is 1. The zero-order valence-corrected chi connectivity index (χ0v) is 16.4. The van der Waals surface area contributed by atoms with E-state index in [1.54, 1.807) is 0 Å². The molecule has 1 atom stereocenters. The van der Waals surface area contributed by atoms with Crippen LogP contribution in [-0.4, -0.2) is 26.9 Å². The number of rotatable bonds is 2. The fourth-order valence-electron chi connectivity index (χ4n) is 3.75. The highest BCUT2D eigenvalue weighted by Gasteiger charge is 2.30. The Hall–Kier alpha value is -2.40. The molecule has 0 saturated carbocycles. The second kappa shape index (κ2) is 6.40. The Labute approximate surface area is 158 Å². The Morgan fingerprint density at radius 2 is 2.00 bits per heavy atom. The molecule has 0 spiro atoms. The molecule has 4 nitrogen and oxygen atoms in total. The van der Waals surface area contributed by atoms with Crippen LogP contribution >= 0.6 is 11.3 Å². The Bertz CT molecular complexity index is 985. The Morgan fingerprint density at radius 1 is 1.19 bits per heavy atom. The molecule has 4 rings (SSSR count). The van der Waals surface area contributed by atoms with Gasteiger partial charge in [0, 0.05) is 30.5 Å². The van der Waals surface area contributed by atoms with Gasteiger partial charge in [-0.3, -0.25) is 4.79 Å². The van der Waals surface area contributed by atoms with E-state index in [1.165, 1.54) is 28.2 Å². The molecule has 2 aromatic heterocycles. The zero-order valence-electron chi connectivity index (χ0n) is 15.6. The van der Waals surface area contributed by atoms with Gasteiger partial charge in [0.25, 0.3) is 5.91 Å². The molecule has 1 unspecified atom stereocenters. The molecule has 0 saturated heterocycles. The second-order valence-electron chi connectivity index (χ2n) is 7.05. The molecular weight excluding hydrogens is 342 g/mol. The van der Waals surface area contributed by atoms with Crippen LogP contribution in [0.25, 0.3) is 10.6 Å². The minimum absolute atomic E-state index is 0.0808. The summed E-state index contributed by atoms with van der Waals surface area (Å²) in [4.78, 5) is 20.7. The van der Waals surface area contributed by atoms with Crippen molar-refractivity contribution in [3.05, 3.63) is 63.9 Å². The summed E-state index contributed by atoms with van der Waals surface area (Å²) in [7, 11) is 0. The number of hydrogen-bond acceptors (Lipinski definition) is 3. The van der Waals surface area contributed by atoms with Gasteiger partial charge < -0.3 is 9.47 Å². The molecule has 3 aromatic rings. The molecule has 0 N–H and O–H groups in total. The summed E-state index contributed by atoms with van der Waals surface area (Å²) < 4.78 is 2.23. The standard InChI is InChI=1S/C21H23N3OS/c1-13-7-8-17(14(2)12-13)20-22-15(3)19(26-20)21(25)24-11-10-23-9-5-6-18(23)16(24)4/h5-9,12,16H,10-11H2,1-4H3. The number of aryl methyl sites for hydroxylation is 3. The van der Waals surface area contributed by atoms with Crippen molar-refractivity contribution in [3.8, 4) is 10.6 Å². The molecule has 26 heavy (non-hydrogen) atoms. The predicted octanol–water partition coefficient (Wildman–Crippen LogP) is 4.75. The Balaban J connectivity index is 1.66. The van der Waals surface area contributed by atoms with Gasteiger partial charge in [0.2, 0.25) is 0 Å². The predicted molar refractivity (Wildman–Crippen MR) is 106 cm³/mol. The van der Waals surface area contributed by atoms with E-state index in [0.29, 0.717) is 0 Å². The van der Waals surface area contributed by atoms with Crippen molar-refractivity contribution in [1.29, 1.82) is 0 Å². The van der Waals surface area contributed by atoms with Gasteiger partial charge in [0.1, 0.15) is 9.88 Å². The Kier molecular flexibility index (Phi) is 4.19. The summed E-state index contributed by atoms with van der Waals surface area (Å²) in [6.45, 7) is 9.81. The number of fused-ring (bicyclic) bond motifs is 1. The summed E-state index contributed by atoms with van der Waals surface area (Å²) >= 11 is 1.51. The van der Waals surface area contributed by atoms with Gasteiger partial charge in [-0.25, -0.2) is 4.98 Å². The first-order valence-electron chi connectivity index (χ1n) is 8.97. The van der Waals surface area contributed by atoms with Gasteiger partial charge in [-0.1, -0.05) is 23.8 Å². The van der Waals surface area contributed by atoms with Gasteiger partial charge >= 0.3 is 0 Å². The van der Waals surface area contributed by atoms with Crippen molar-refractivity contribution < 1.29 is 4.79 Å². The number of benzene rings is 1. The number of aromatic nitrogens is 2. The average Bonchev–Trinajstić information content (AvgIpc) is 3.22. The molecule has 134 valence electrons. The van der Waals surface area contributed by atoms with E-state index in [1.807, 2.05) is 11.8 Å². The normalized spacial score (nSPS) is 16.6. The van der Waals surface area contributed by atoms with Gasteiger partial charge in [0.05, 0.1) is 11.7 Å². The van der Waals surface area contributed by atoms with E-state index in [0.717, 1.165) is 34.2 Å². The highest BCUT2D eigenvalue weighted by molar-refractivity contribution is 7.17. The van der Waals surface area contributed by atoms with Crippen LogP contribution in [0.1, 0.15) is 45.2 Å². The van der Waals surface area contributed by atoms with Gasteiger partial charge in [-0.2, -0.15) is 0 Å². The first-order valence-corrected chi connectivity index (χ1v) is 9.78. The number of amides is 1. The van der Waals surface area contributed by atoms with E-state index in [-0.39, 0.29) is 11.9 Å². The largest absolute Gasteiger partial charge is 0.348 e. The molecule has 0 radical (unpaired) electrons. The zero-order chi connectivity index (χ0) is 18.4. The number of carbonyl (C=O) groups is 1. The van der Waals surface area contributed by atoms with Crippen molar-refractivity contribution in [2.24, 2.45) is 0 Å². The third kappa shape index (κ3) is 2.76. The first-order chi connectivity index (χ1) is 12.5. The Morgan fingerprint density at radius 3 is 2.77 bits per heavy atom. The lowest BCUT2D eigenvalue weighted by Crippen LogP contribution is -2.40. The second-order valence-corrected chi connectivity index (χ2v) is 8.05. The van der Waals surface area contributed by atoms with E-state index in [2.05, 4.69) is 61.9 Å². The fraction of sp³-hybridized carbons (Fsp3) is 0.333. The molecule has 1 aliphatic rings. The lowest BCUT2D eigenvalue weighted by Gasteiger charge is -2.34. The van der Waals surface area contributed by atoms with Gasteiger partial charge in [-0.15, -0.1) is 11.3 Å². The summed E-state index contributed by atoms with van der Waals surface area (Å²) in [5.41, 5.74) is 5.57. The molecule has 1 aromatic carbocycles. The molecule has 1 aliphatic heterocycles. The van der Waals surface area contributed by atoms with Crippen molar-refractivity contribution in [3.63, 3.8) is 0 Å². The van der Waals surface area contributed by atoms with Gasteiger partial charge in [0.15, 0.2) is 0 Å². The highest BCUT2D eigenvalue weighted by Crippen LogP contribution is 2.34. The molecule has 0 aliphatic carbocycles. The average molecular weight is 366 g/mol. The molecule has 1 amide bonds. The quantitative estimate of drug-likeness (QED) is 0.657. The lowest BCUT2D eigenvalue weighted by molar-refractivity contribution is 0.0648. The monoisotopic (exact) mass is 365 g/mol. The maximum Gasteiger partial charge on any atom is 0.266 e. The SMILES string of the molecule is Cc1ccc(-c2nc(C)c(C(=O)N3CCn4cccc4C3C)s2)c(C)c1. The maximum atomic E-state index is 13.2. The van der Waals surface area contributed by atoms with E-state index in [4.69, 9.17) is 4.98 Å². The van der Waals surface area contributed by atoms with Crippen LogP contribution in [0.4, 0.5) is 0 Å².